The van der Waals surface area contributed by atoms with Crippen LogP contribution in [-0.2, 0) is 14.2 Å². The first-order valence-electron chi connectivity index (χ1n) is 21.0. The van der Waals surface area contributed by atoms with Gasteiger partial charge in [-0.3, -0.25) is 0 Å². The van der Waals surface area contributed by atoms with E-state index in [1.165, 1.54) is 96.4 Å². The zero-order valence-corrected chi connectivity index (χ0v) is 32.0. The van der Waals surface area contributed by atoms with Crippen LogP contribution in [0, 0.1) is 46.3 Å². The highest BCUT2D eigenvalue weighted by Gasteiger charge is 2.66. The summed E-state index contributed by atoms with van der Waals surface area (Å²) in [6.45, 7) is 17.0. The molecule has 48 heavy (non-hydrogen) atoms. The van der Waals surface area contributed by atoms with Gasteiger partial charge in [0.15, 0.2) is 0 Å². The maximum Gasteiger partial charge on any atom is 0.0637 e. The number of unbranched alkanes of at least 4 members (excludes halogenated alkanes) is 5. The molecule has 282 valence electrons. The van der Waals surface area contributed by atoms with Gasteiger partial charge in [-0.05, 0) is 157 Å². The average Bonchev–Trinajstić information content (AvgIpc) is 3.44. The number of hydrogen-bond donors (Lipinski definition) is 4. The van der Waals surface area contributed by atoms with Gasteiger partial charge in [-0.15, -0.1) is 0 Å². The smallest absolute Gasteiger partial charge is 0.0637 e. The van der Waals surface area contributed by atoms with Crippen molar-refractivity contribution in [1.29, 1.82) is 0 Å². The minimum atomic E-state index is 0.183. The van der Waals surface area contributed by atoms with E-state index in [4.69, 9.17) is 31.4 Å². The van der Waals surface area contributed by atoms with E-state index in [0.29, 0.717) is 78.9 Å². The topological polar surface area (TPSA) is 118 Å². The number of nitrogens with one attached hydrogen (secondary N) is 1. The Labute approximate surface area is 296 Å². The van der Waals surface area contributed by atoms with Gasteiger partial charge in [-0.25, -0.2) is 0 Å². The summed E-state index contributed by atoms with van der Waals surface area (Å²) in [6.07, 6.45) is 23.2. The van der Waals surface area contributed by atoms with E-state index in [2.05, 4.69) is 33.0 Å². The van der Waals surface area contributed by atoms with Gasteiger partial charge < -0.3 is 36.7 Å². The molecule has 7 nitrogen and oxygen atoms in total. The zero-order chi connectivity index (χ0) is 34.4. The SMILES string of the molecule is CCCCCCCCNCCCC(C)[C@H]1CC[C@H]2C3[C@H](OCCCN)C[C@@H]4C[C@H](OCCCN)CC[C@]4(C)[C@H]3C[C@H](OCCCN)[C@]12C. The summed E-state index contributed by atoms with van der Waals surface area (Å²) in [7, 11) is 0. The Hall–Kier alpha value is -0.280. The van der Waals surface area contributed by atoms with Crippen LogP contribution < -0.4 is 22.5 Å². The van der Waals surface area contributed by atoms with Crippen LogP contribution in [0.15, 0.2) is 0 Å². The van der Waals surface area contributed by atoms with Crippen LogP contribution in [0.5, 0.6) is 0 Å². The quantitative estimate of drug-likeness (QED) is 0.0786. The molecule has 4 fully saturated rings. The molecular formula is C41H80N4O3. The third-order valence-corrected chi connectivity index (χ3v) is 14.2. The van der Waals surface area contributed by atoms with E-state index in [1.54, 1.807) is 0 Å². The molecule has 4 saturated carbocycles. The third kappa shape index (κ3) is 9.98. The lowest BCUT2D eigenvalue weighted by Crippen LogP contribution is -2.63. The van der Waals surface area contributed by atoms with Gasteiger partial charge in [0, 0.05) is 25.2 Å². The maximum absolute atomic E-state index is 7.03. The van der Waals surface area contributed by atoms with Crippen LogP contribution in [0.4, 0.5) is 0 Å². The largest absolute Gasteiger partial charge is 0.378 e. The second-order valence-electron chi connectivity index (χ2n) is 17.1. The summed E-state index contributed by atoms with van der Waals surface area (Å²) < 4.78 is 20.4. The van der Waals surface area contributed by atoms with Gasteiger partial charge in [0.25, 0.3) is 0 Å². The number of fused-ring (bicyclic) bond motifs is 5. The van der Waals surface area contributed by atoms with E-state index >= 15 is 0 Å². The lowest BCUT2D eigenvalue weighted by molar-refractivity contribution is -0.227. The molecule has 0 aliphatic heterocycles. The predicted octanol–water partition coefficient (Wildman–Crippen LogP) is 7.43. The molecule has 0 amide bonds. The molecule has 0 saturated heterocycles. The molecule has 4 aliphatic carbocycles. The van der Waals surface area contributed by atoms with Crippen molar-refractivity contribution in [1.82, 2.24) is 5.32 Å². The molecular weight excluding hydrogens is 596 g/mol. The highest BCUT2D eigenvalue weighted by Crippen LogP contribution is 2.69. The normalized spacial score (nSPS) is 36.8. The van der Waals surface area contributed by atoms with E-state index in [1.807, 2.05) is 0 Å². The van der Waals surface area contributed by atoms with Crippen molar-refractivity contribution in [3.05, 3.63) is 0 Å². The Kier molecular flexibility index (Phi) is 17.4. The fourth-order valence-corrected chi connectivity index (χ4v) is 11.5. The molecule has 0 spiro atoms. The van der Waals surface area contributed by atoms with Gasteiger partial charge in [0.05, 0.1) is 18.3 Å². The lowest BCUT2D eigenvalue weighted by atomic mass is 9.43. The maximum atomic E-state index is 7.03. The molecule has 0 heterocycles. The summed E-state index contributed by atoms with van der Waals surface area (Å²) in [4.78, 5) is 0. The zero-order valence-electron chi connectivity index (χ0n) is 32.0. The third-order valence-electron chi connectivity index (χ3n) is 14.2. The standard InChI is InChI=1S/C41H80N4O3/c1-5-6-7-8-9-10-23-45-24-11-15-31(2)34-16-17-35-39-36(30-38(41(34,35)4)48-27-14-22-44)40(3)19-18-33(46-25-12-20-42)28-32(40)29-37(39)47-26-13-21-43/h31-39,45H,5-30,42-44H2,1-4H3/t31?,32-,33+,34+,35-,36-,37+,38-,39?,40-,41+/m0/s1. The number of hydrogen-bond acceptors (Lipinski definition) is 7. The van der Waals surface area contributed by atoms with Crippen LogP contribution in [0.1, 0.15) is 143 Å². The monoisotopic (exact) mass is 677 g/mol. The molecule has 0 aromatic rings. The number of ether oxygens (including phenoxy) is 3. The highest BCUT2D eigenvalue weighted by molar-refractivity contribution is 5.15. The molecule has 0 aromatic heterocycles. The number of nitrogens with two attached hydrogens (primary N) is 3. The Bertz CT molecular complexity index is 879. The highest BCUT2D eigenvalue weighted by atomic mass is 16.5. The average molecular weight is 677 g/mol. The van der Waals surface area contributed by atoms with Crippen LogP contribution in [0.2, 0.25) is 0 Å². The van der Waals surface area contributed by atoms with Crippen molar-refractivity contribution >= 4 is 0 Å². The summed E-state index contributed by atoms with van der Waals surface area (Å²) >= 11 is 0. The van der Waals surface area contributed by atoms with Crippen LogP contribution in [0.25, 0.3) is 0 Å². The lowest BCUT2D eigenvalue weighted by Gasteiger charge is -2.65. The van der Waals surface area contributed by atoms with Gasteiger partial charge in [0.2, 0.25) is 0 Å². The Morgan fingerprint density at radius 2 is 1.38 bits per heavy atom. The molecule has 0 aromatic carbocycles. The fourth-order valence-electron chi connectivity index (χ4n) is 11.5. The molecule has 2 unspecified atom stereocenters. The first-order chi connectivity index (χ1) is 23.3. The first kappa shape index (κ1) is 40.5. The van der Waals surface area contributed by atoms with Crippen molar-refractivity contribution in [3.8, 4) is 0 Å². The minimum absolute atomic E-state index is 0.183. The minimum Gasteiger partial charge on any atom is -0.378 e. The van der Waals surface area contributed by atoms with E-state index < -0.39 is 0 Å². The molecule has 11 atom stereocenters. The van der Waals surface area contributed by atoms with Gasteiger partial charge >= 0.3 is 0 Å². The van der Waals surface area contributed by atoms with Crippen LogP contribution in [0.3, 0.4) is 0 Å². The van der Waals surface area contributed by atoms with Crippen molar-refractivity contribution in [2.45, 2.75) is 162 Å². The Morgan fingerprint density at radius 3 is 2.10 bits per heavy atom. The summed E-state index contributed by atoms with van der Waals surface area (Å²) in [5.74, 6) is 3.92. The van der Waals surface area contributed by atoms with Gasteiger partial charge in [0.1, 0.15) is 0 Å². The molecule has 0 radical (unpaired) electrons. The summed E-state index contributed by atoms with van der Waals surface area (Å²) in [5, 5.41) is 3.77. The van der Waals surface area contributed by atoms with Gasteiger partial charge in [-0.1, -0.05) is 59.8 Å². The van der Waals surface area contributed by atoms with Crippen LogP contribution >= 0.6 is 0 Å². The van der Waals surface area contributed by atoms with Gasteiger partial charge in [-0.2, -0.15) is 0 Å². The van der Waals surface area contributed by atoms with Crippen molar-refractivity contribution in [3.63, 3.8) is 0 Å². The van der Waals surface area contributed by atoms with Crippen LogP contribution in [-0.4, -0.2) is 70.9 Å². The van der Waals surface area contributed by atoms with Crippen molar-refractivity contribution < 1.29 is 14.2 Å². The summed E-state index contributed by atoms with van der Waals surface area (Å²) in [5.41, 5.74) is 18.3. The molecule has 7 N–H and O–H groups in total. The fraction of sp³-hybridized carbons (Fsp3) is 1.00. The summed E-state index contributed by atoms with van der Waals surface area (Å²) in [6, 6.07) is 0. The molecule has 4 aliphatic rings. The molecule has 7 heteroatoms. The number of rotatable bonds is 24. The van der Waals surface area contributed by atoms with Crippen molar-refractivity contribution in [2.75, 3.05) is 52.5 Å². The Balaban J connectivity index is 1.46. The predicted molar refractivity (Wildman–Crippen MR) is 201 cm³/mol. The second kappa shape index (κ2) is 20.7. The van der Waals surface area contributed by atoms with E-state index in [0.717, 1.165) is 52.0 Å². The molecule has 0 bridgehead atoms. The van der Waals surface area contributed by atoms with E-state index in [9.17, 15) is 0 Å². The van der Waals surface area contributed by atoms with Crippen molar-refractivity contribution in [2.24, 2.45) is 63.5 Å². The molecule has 4 rings (SSSR count). The van der Waals surface area contributed by atoms with E-state index in [-0.39, 0.29) is 5.41 Å². The first-order valence-corrected chi connectivity index (χ1v) is 21.0. The second-order valence-corrected chi connectivity index (χ2v) is 17.1. The Morgan fingerprint density at radius 1 is 0.708 bits per heavy atom.